The normalized spacial score (nSPS) is 11.0. The topological polar surface area (TPSA) is 37.3 Å². The SMILES string of the molecule is C[Si](C)(C)c1ccc(C#Cc2ccc(C(=O)CO)s2)s1. The van der Waals surface area contributed by atoms with E-state index < -0.39 is 14.7 Å². The van der Waals surface area contributed by atoms with E-state index >= 15 is 0 Å². The van der Waals surface area contributed by atoms with Crippen molar-refractivity contribution in [3.05, 3.63) is 38.9 Å². The summed E-state index contributed by atoms with van der Waals surface area (Å²) in [5, 5.41) is 8.81. The second kappa shape index (κ2) is 6.06. The van der Waals surface area contributed by atoms with Crippen molar-refractivity contribution in [3.63, 3.8) is 0 Å². The molecule has 0 unspecified atom stereocenters. The van der Waals surface area contributed by atoms with Gasteiger partial charge >= 0.3 is 0 Å². The quantitative estimate of drug-likeness (QED) is 0.536. The van der Waals surface area contributed by atoms with Crippen molar-refractivity contribution in [2.24, 2.45) is 0 Å². The van der Waals surface area contributed by atoms with Gasteiger partial charge in [-0.3, -0.25) is 4.79 Å². The van der Waals surface area contributed by atoms with Crippen LogP contribution in [0.15, 0.2) is 24.3 Å². The number of hydrogen-bond donors (Lipinski definition) is 1. The molecule has 0 saturated heterocycles. The van der Waals surface area contributed by atoms with Gasteiger partial charge in [-0.2, -0.15) is 0 Å². The molecule has 5 heteroatoms. The monoisotopic (exact) mass is 320 g/mol. The first-order valence-corrected chi connectivity index (χ1v) is 11.4. The van der Waals surface area contributed by atoms with Crippen LogP contribution >= 0.6 is 22.7 Å². The van der Waals surface area contributed by atoms with E-state index in [9.17, 15) is 4.79 Å². The first-order valence-electron chi connectivity index (χ1n) is 6.26. The molecule has 0 fully saturated rings. The van der Waals surface area contributed by atoms with E-state index in [1.54, 1.807) is 17.4 Å². The Balaban J connectivity index is 2.17. The van der Waals surface area contributed by atoms with Gasteiger partial charge in [-0.25, -0.2) is 0 Å². The molecule has 1 N–H and O–H groups in total. The van der Waals surface area contributed by atoms with Gasteiger partial charge in [0.25, 0.3) is 0 Å². The molecule has 0 aliphatic heterocycles. The van der Waals surface area contributed by atoms with Crippen LogP contribution in [0, 0.1) is 11.8 Å². The number of aliphatic hydroxyl groups is 1. The van der Waals surface area contributed by atoms with Gasteiger partial charge in [0.15, 0.2) is 5.78 Å². The van der Waals surface area contributed by atoms with Crippen LogP contribution in [0.3, 0.4) is 0 Å². The fraction of sp³-hybridized carbons (Fsp3) is 0.267. The second-order valence-corrected chi connectivity index (χ2v) is 13.0. The van der Waals surface area contributed by atoms with Crippen LogP contribution in [-0.4, -0.2) is 25.6 Å². The molecular weight excluding hydrogens is 304 g/mol. The molecule has 0 amide bonds. The lowest BCUT2D eigenvalue weighted by molar-refractivity contribution is 0.0908. The van der Waals surface area contributed by atoms with Gasteiger partial charge < -0.3 is 5.11 Å². The van der Waals surface area contributed by atoms with Gasteiger partial charge in [-0.05, 0) is 34.5 Å². The molecule has 0 aliphatic carbocycles. The summed E-state index contributed by atoms with van der Waals surface area (Å²) in [5.74, 6) is 5.99. The highest BCUT2D eigenvalue weighted by Crippen LogP contribution is 2.17. The van der Waals surface area contributed by atoms with E-state index in [0.717, 1.165) is 9.75 Å². The fourth-order valence-corrected chi connectivity index (χ4v) is 5.10. The van der Waals surface area contributed by atoms with Gasteiger partial charge in [0.2, 0.25) is 0 Å². The van der Waals surface area contributed by atoms with Crippen molar-refractivity contribution < 1.29 is 9.90 Å². The standard InChI is InChI=1S/C15H16O2S2Si/c1-20(2,3)15-9-7-12(19-15)5-4-11-6-8-14(18-11)13(17)10-16/h6-9,16H,10H2,1-3H3. The zero-order chi connectivity index (χ0) is 14.8. The summed E-state index contributed by atoms with van der Waals surface area (Å²) < 4.78 is 1.45. The maximum atomic E-state index is 11.3. The van der Waals surface area contributed by atoms with Crippen molar-refractivity contribution >= 4 is 41.0 Å². The number of carbonyl (C=O) groups excluding carboxylic acids is 1. The lowest BCUT2D eigenvalue weighted by Crippen LogP contribution is -2.34. The summed E-state index contributed by atoms with van der Waals surface area (Å²) >= 11 is 3.09. The Hall–Kier alpha value is -1.19. The molecule has 0 spiro atoms. The van der Waals surface area contributed by atoms with Crippen molar-refractivity contribution in [2.45, 2.75) is 19.6 Å². The van der Waals surface area contributed by atoms with E-state index in [1.807, 2.05) is 6.07 Å². The maximum absolute atomic E-state index is 11.3. The third kappa shape index (κ3) is 3.67. The third-order valence-electron chi connectivity index (χ3n) is 2.68. The fourth-order valence-electron chi connectivity index (χ4n) is 1.56. The van der Waals surface area contributed by atoms with Crippen LogP contribution in [0.1, 0.15) is 19.4 Å². The van der Waals surface area contributed by atoms with Gasteiger partial charge in [-0.1, -0.05) is 25.7 Å². The van der Waals surface area contributed by atoms with Crippen LogP contribution in [0.5, 0.6) is 0 Å². The highest BCUT2D eigenvalue weighted by atomic mass is 32.1. The van der Waals surface area contributed by atoms with Crippen molar-refractivity contribution in [2.75, 3.05) is 6.61 Å². The molecule has 2 rings (SSSR count). The molecule has 2 aromatic heterocycles. The zero-order valence-corrected chi connectivity index (χ0v) is 14.3. The molecule has 104 valence electrons. The summed E-state index contributed by atoms with van der Waals surface area (Å²) in [7, 11) is -1.26. The van der Waals surface area contributed by atoms with E-state index in [-0.39, 0.29) is 5.78 Å². The largest absolute Gasteiger partial charge is 0.388 e. The molecule has 20 heavy (non-hydrogen) atoms. The molecule has 0 aromatic carbocycles. The van der Waals surface area contributed by atoms with Crippen molar-refractivity contribution in [1.29, 1.82) is 0 Å². The molecule has 2 nitrogen and oxygen atoms in total. The van der Waals surface area contributed by atoms with Gasteiger partial charge in [0.05, 0.1) is 22.7 Å². The number of aliphatic hydroxyl groups excluding tert-OH is 1. The van der Waals surface area contributed by atoms with E-state index in [2.05, 4.69) is 43.6 Å². The summed E-state index contributed by atoms with van der Waals surface area (Å²) in [6.45, 7) is 6.52. The predicted octanol–water partition coefficient (Wildman–Crippen LogP) is 2.93. The lowest BCUT2D eigenvalue weighted by atomic mass is 10.3. The molecule has 0 saturated carbocycles. The molecule has 0 atom stereocenters. The summed E-state index contributed by atoms with van der Waals surface area (Å²) in [5.41, 5.74) is 0. The van der Waals surface area contributed by atoms with Crippen LogP contribution in [0.4, 0.5) is 0 Å². The Kier molecular flexibility index (Phi) is 4.61. The van der Waals surface area contributed by atoms with E-state index in [0.29, 0.717) is 4.88 Å². The Morgan fingerprint density at radius 1 is 1.10 bits per heavy atom. The summed E-state index contributed by atoms with van der Waals surface area (Å²) in [4.78, 5) is 13.8. The van der Waals surface area contributed by atoms with Crippen LogP contribution in [0.25, 0.3) is 0 Å². The number of rotatable bonds is 3. The number of carbonyl (C=O) groups is 1. The average molecular weight is 321 g/mol. The Bertz CT molecular complexity index is 681. The third-order valence-corrected chi connectivity index (χ3v) is 8.32. The molecule has 0 aliphatic rings. The molecule has 2 heterocycles. The first kappa shape index (κ1) is 15.2. The van der Waals surface area contributed by atoms with Crippen molar-refractivity contribution in [3.8, 4) is 11.8 Å². The maximum Gasteiger partial charge on any atom is 0.198 e. The van der Waals surface area contributed by atoms with E-state index in [4.69, 9.17) is 5.11 Å². The Labute approximate surface area is 128 Å². The highest BCUT2D eigenvalue weighted by molar-refractivity contribution is 7.26. The molecule has 2 aromatic rings. The molecule has 0 bridgehead atoms. The van der Waals surface area contributed by atoms with Crippen LogP contribution in [0.2, 0.25) is 19.6 Å². The zero-order valence-electron chi connectivity index (χ0n) is 11.7. The van der Waals surface area contributed by atoms with Crippen LogP contribution < -0.4 is 4.50 Å². The number of ketones is 1. The van der Waals surface area contributed by atoms with E-state index in [1.165, 1.54) is 15.8 Å². The number of hydrogen-bond acceptors (Lipinski definition) is 4. The van der Waals surface area contributed by atoms with Crippen LogP contribution in [-0.2, 0) is 0 Å². The molecular formula is C15H16O2S2Si. The smallest absolute Gasteiger partial charge is 0.198 e. The number of Topliss-reactive ketones (excluding diaryl/α,β-unsaturated/α-hetero) is 1. The van der Waals surface area contributed by atoms with Crippen molar-refractivity contribution in [1.82, 2.24) is 0 Å². The average Bonchev–Trinajstić information content (AvgIpc) is 3.03. The predicted molar refractivity (Wildman–Crippen MR) is 89.0 cm³/mol. The summed E-state index contributed by atoms with van der Waals surface area (Å²) in [6, 6.07) is 7.79. The lowest BCUT2D eigenvalue weighted by Gasteiger charge is -2.11. The number of thiophene rings is 2. The van der Waals surface area contributed by atoms with Gasteiger partial charge in [-0.15, -0.1) is 22.7 Å². The minimum atomic E-state index is -1.26. The first-order chi connectivity index (χ1) is 9.40. The van der Waals surface area contributed by atoms with Gasteiger partial charge in [0, 0.05) is 0 Å². The minimum absolute atomic E-state index is 0.250. The second-order valence-electron chi connectivity index (χ2n) is 5.41. The highest BCUT2D eigenvalue weighted by Gasteiger charge is 2.18. The minimum Gasteiger partial charge on any atom is -0.388 e. The van der Waals surface area contributed by atoms with Gasteiger partial charge in [0.1, 0.15) is 6.61 Å². The summed E-state index contributed by atoms with van der Waals surface area (Å²) in [6.07, 6.45) is 0. The molecule has 0 radical (unpaired) electrons. The Morgan fingerprint density at radius 3 is 2.25 bits per heavy atom. The Morgan fingerprint density at radius 2 is 1.70 bits per heavy atom.